The largest absolute Gasteiger partial charge is 0.275 e. The van der Waals surface area contributed by atoms with Crippen LogP contribution in [0.25, 0.3) is 0 Å². The number of nitrogens with one attached hydrogen (secondary N) is 1. The summed E-state index contributed by atoms with van der Waals surface area (Å²) in [5, 5.41) is 4.44. The van der Waals surface area contributed by atoms with E-state index in [1.807, 2.05) is 47.1 Å². The van der Waals surface area contributed by atoms with Gasteiger partial charge in [-0.3, -0.25) is 10.5 Å². The van der Waals surface area contributed by atoms with Crippen molar-refractivity contribution in [2.45, 2.75) is 18.2 Å². The quantitative estimate of drug-likeness (QED) is 0.665. The molecular weight excluding hydrogens is 264 g/mol. The Morgan fingerprint density at radius 1 is 1.56 bits per heavy atom. The second-order valence-corrected chi connectivity index (χ2v) is 6.69. The van der Waals surface area contributed by atoms with Crippen molar-refractivity contribution in [3.05, 3.63) is 39.3 Å². The van der Waals surface area contributed by atoms with Gasteiger partial charge in [-0.15, -0.1) is 11.3 Å². The Balaban J connectivity index is 1.94. The zero-order valence-corrected chi connectivity index (χ0v) is 11.9. The summed E-state index contributed by atoms with van der Waals surface area (Å²) >= 11 is 3.87. The van der Waals surface area contributed by atoms with Gasteiger partial charge in [-0.2, -0.15) is 16.9 Å². The molecule has 0 fully saturated rings. The van der Waals surface area contributed by atoms with E-state index in [1.165, 1.54) is 27.5 Å². The molecule has 1 aliphatic heterocycles. The summed E-state index contributed by atoms with van der Waals surface area (Å²) in [6, 6.07) is 4.30. The third-order valence-electron chi connectivity index (χ3n) is 3.13. The van der Waals surface area contributed by atoms with Gasteiger partial charge in [0, 0.05) is 28.8 Å². The molecule has 18 heavy (non-hydrogen) atoms. The molecule has 3 N–H and O–H groups in total. The van der Waals surface area contributed by atoms with Crippen molar-refractivity contribution in [3.8, 4) is 0 Å². The number of rotatable bonds is 3. The molecule has 0 radical (unpaired) electrons. The third-order valence-corrected chi connectivity index (χ3v) is 5.44. The molecule has 2 aromatic heterocycles. The van der Waals surface area contributed by atoms with Crippen LogP contribution in [0.15, 0.2) is 18.3 Å². The molecule has 0 aliphatic carbocycles. The highest BCUT2D eigenvalue weighted by Gasteiger charge is 2.21. The summed E-state index contributed by atoms with van der Waals surface area (Å²) in [5.41, 5.74) is 5.34. The number of thiophene rings is 1. The number of nitrogens with two attached hydrogens (primary N) is 1. The van der Waals surface area contributed by atoms with Gasteiger partial charge in [-0.1, -0.05) is 0 Å². The highest BCUT2D eigenvalue weighted by atomic mass is 32.2. The number of hydrogen-bond donors (Lipinski definition) is 2. The lowest BCUT2D eigenvalue weighted by molar-refractivity contribution is 0.611. The van der Waals surface area contributed by atoms with Gasteiger partial charge in [-0.05, 0) is 29.9 Å². The van der Waals surface area contributed by atoms with E-state index in [9.17, 15) is 0 Å². The lowest BCUT2D eigenvalue weighted by Gasteiger charge is -2.10. The number of aromatic nitrogens is 2. The molecule has 3 rings (SSSR count). The smallest absolute Gasteiger partial charge is 0.0991 e. The molecule has 0 saturated heterocycles. The number of fused-ring (bicyclic) bond motifs is 1. The Hall–Kier alpha value is -0.820. The van der Waals surface area contributed by atoms with Crippen LogP contribution in [0.1, 0.15) is 27.1 Å². The molecule has 4 nitrogen and oxygen atoms in total. The SMILES string of the molecule is Cn1ccc(C(NN)c2cc3c(s2)CCSC3)n1. The maximum Gasteiger partial charge on any atom is 0.0991 e. The maximum absolute atomic E-state index is 5.71. The fraction of sp³-hybridized carbons (Fsp3) is 0.417. The van der Waals surface area contributed by atoms with Gasteiger partial charge in [0.05, 0.1) is 11.7 Å². The summed E-state index contributed by atoms with van der Waals surface area (Å²) in [7, 11) is 1.92. The molecule has 6 heteroatoms. The number of aryl methyl sites for hydroxylation is 2. The first-order valence-corrected chi connectivity index (χ1v) is 7.90. The molecule has 1 atom stereocenters. The first-order chi connectivity index (χ1) is 8.78. The van der Waals surface area contributed by atoms with Crippen LogP contribution < -0.4 is 11.3 Å². The molecule has 0 aromatic carbocycles. The predicted molar refractivity (Wildman–Crippen MR) is 76.6 cm³/mol. The standard InChI is InChI=1S/C12H16N4S2/c1-16-4-2-9(15-16)12(14-13)11-6-8-7-17-5-3-10(8)18-11/h2,4,6,12,14H,3,5,7,13H2,1H3. The van der Waals surface area contributed by atoms with Crippen LogP contribution in [0, 0.1) is 0 Å². The van der Waals surface area contributed by atoms with Crippen molar-refractivity contribution in [2.24, 2.45) is 12.9 Å². The average molecular weight is 280 g/mol. The molecule has 1 aliphatic rings. The molecule has 96 valence electrons. The zero-order valence-electron chi connectivity index (χ0n) is 10.2. The number of nitrogens with zero attached hydrogens (tertiary/aromatic N) is 2. The van der Waals surface area contributed by atoms with Crippen molar-refractivity contribution < 1.29 is 0 Å². The van der Waals surface area contributed by atoms with E-state index in [0.29, 0.717) is 0 Å². The fourth-order valence-corrected chi connectivity index (χ4v) is 4.66. The Kier molecular flexibility index (Phi) is 3.43. The molecule has 0 bridgehead atoms. The Morgan fingerprint density at radius 2 is 2.44 bits per heavy atom. The topological polar surface area (TPSA) is 55.9 Å². The fourth-order valence-electron chi connectivity index (χ4n) is 2.21. The van der Waals surface area contributed by atoms with Crippen molar-refractivity contribution in [1.82, 2.24) is 15.2 Å². The van der Waals surface area contributed by atoms with Gasteiger partial charge in [0.2, 0.25) is 0 Å². The summed E-state index contributed by atoms with van der Waals surface area (Å²) < 4.78 is 1.81. The molecule has 1 unspecified atom stereocenters. The van der Waals surface area contributed by atoms with Crippen LogP contribution in [0.5, 0.6) is 0 Å². The second kappa shape index (κ2) is 5.05. The van der Waals surface area contributed by atoms with E-state index in [0.717, 1.165) is 11.4 Å². The van der Waals surface area contributed by atoms with Crippen LogP contribution in [0.2, 0.25) is 0 Å². The number of hydrogen-bond acceptors (Lipinski definition) is 5. The van der Waals surface area contributed by atoms with Gasteiger partial charge < -0.3 is 0 Å². The molecule has 2 aromatic rings. The minimum atomic E-state index is 0.00630. The summed E-state index contributed by atoms with van der Waals surface area (Å²) in [6.45, 7) is 0. The lowest BCUT2D eigenvalue weighted by atomic mass is 10.1. The van der Waals surface area contributed by atoms with Gasteiger partial charge in [0.1, 0.15) is 0 Å². The molecule has 0 spiro atoms. The first kappa shape index (κ1) is 12.2. The number of hydrazine groups is 1. The van der Waals surface area contributed by atoms with Crippen LogP contribution in [0.4, 0.5) is 0 Å². The Labute approximate surface area is 115 Å². The summed E-state index contributed by atoms with van der Waals surface area (Å²) in [5.74, 6) is 8.07. The minimum absolute atomic E-state index is 0.00630. The van der Waals surface area contributed by atoms with E-state index in [4.69, 9.17) is 5.84 Å². The van der Waals surface area contributed by atoms with Gasteiger partial charge >= 0.3 is 0 Å². The van der Waals surface area contributed by atoms with Gasteiger partial charge in [0.25, 0.3) is 0 Å². The lowest BCUT2D eigenvalue weighted by Crippen LogP contribution is -2.28. The summed E-state index contributed by atoms with van der Waals surface area (Å²) in [6.07, 6.45) is 3.13. The Morgan fingerprint density at radius 3 is 3.11 bits per heavy atom. The van der Waals surface area contributed by atoms with Crippen molar-refractivity contribution in [3.63, 3.8) is 0 Å². The third kappa shape index (κ3) is 2.21. The van der Waals surface area contributed by atoms with Crippen LogP contribution in [-0.2, 0) is 19.2 Å². The van der Waals surface area contributed by atoms with Crippen LogP contribution in [-0.4, -0.2) is 15.5 Å². The molecule has 0 amide bonds. The van der Waals surface area contributed by atoms with Gasteiger partial charge in [-0.25, -0.2) is 5.43 Å². The van der Waals surface area contributed by atoms with Crippen LogP contribution >= 0.6 is 23.1 Å². The second-order valence-electron chi connectivity index (χ2n) is 4.41. The van der Waals surface area contributed by atoms with Crippen molar-refractivity contribution >= 4 is 23.1 Å². The van der Waals surface area contributed by atoms with E-state index < -0.39 is 0 Å². The van der Waals surface area contributed by atoms with Crippen LogP contribution in [0.3, 0.4) is 0 Å². The van der Waals surface area contributed by atoms with E-state index in [2.05, 4.69) is 16.6 Å². The molecule has 3 heterocycles. The normalized spacial score (nSPS) is 16.6. The van der Waals surface area contributed by atoms with Crippen molar-refractivity contribution in [1.29, 1.82) is 0 Å². The van der Waals surface area contributed by atoms with E-state index in [1.54, 1.807) is 0 Å². The van der Waals surface area contributed by atoms with Gasteiger partial charge in [0.15, 0.2) is 0 Å². The maximum atomic E-state index is 5.71. The Bertz CT molecular complexity index is 523. The van der Waals surface area contributed by atoms with E-state index in [-0.39, 0.29) is 6.04 Å². The monoisotopic (exact) mass is 280 g/mol. The zero-order chi connectivity index (χ0) is 12.5. The highest BCUT2D eigenvalue weighted by Crippen LogP contribution is 2.35. The highest BCUT2D eigenvalue weighted by molar-refractivity contribution is 7.98. The average Bonchev–Trinajstić information content (AvgIpc) is 2.96. The van der Waals surface area contributed by atoms with E-state index >= 15 is 0 Å². The first-order valence-electron chi connectivity index (χ1n) is 5.93. The summed E-state index contributed by atoms with van der Waals surface area (Å²) in [4.78, 5) is 2.78. The number of thioether (sulfide) groups is 1. The predicted octanol–water partition coefficient (Wildman–Crippen LogP) is 1.82. The minimum Gasteiger partial charge on any atom is -0.275 e. The van der Waals surface area contributed by atoms with Crippen molar-refractivity contribution in [2.75, 3.05) is 5.75 Å². The molecular formula is C12H16N4S2. The molecule has 0 saturated carbocycles.